The first-order chi connectivity index (χ1) is 8.74. The van der Waals surface area contributed by atoms with Gasteiger partial charge in [0.25, 0.3) is 0 Å². The summed E-state index contributed by atoms with van der Waals surface area (Å²) in [4.78, 5) is 0. The van der Waals surface area contributed by atoms with Gasteiger partial charge in [-0.1, -0.05) is 6.92 Å². The molecular weight excluding hydrogens is 226 g/mol. The second kappa shape index (κ2) is 4.81. The number of rotatable bonds is 0. The summed E-state index contributed by atoms with van der Waals surface area (Å²) < 4.78 is 11.5. The zero-order valence-corrected chi connectivity index (χ0v) is 10.9. The summed E-state index contributed by atoms with van der Waals surface area (Å²) in [7, 11) is 0. The Morgan fingerprint density at radius 2 is 1.89 bits per heavy atom. The van der Waals surface area contributed by atoms with Gasteiger partial charge in [-0.15, -0.1) is 0 Å². The lowest BCUT2D eigenvalue weighted by Gasteiger charge is -2.17. The van der Waals surface area contributed by atoms with Gasteiger partial charge in [0.05, 0.1) is 13.2 Å². The smallest absolute Gasteiger partial charge is 0.161 e. The van der Waals surface area contributed by atoms with E-state index in [1.165, 1.54) is 17.5 Å². The van der Waals surface area contributed by atoms with E-state index in [0.717, 1.165) is 44.0 Å². The lowest BCUT2D eigenvalue weighted by atomic mass is 9.97. The summed E-state index contributed by atoms with van der Waals surface area (Å²) >= 11 is 0. The van der Waals surface area contributed by atoms with E-state index in [2.05, 4.69) is 19.1 Å². The van der Waals surface area contributed by atoms with Gasteiger partial charge in [-0.05, 0) is 48.4 Å². The van der Waals surface area contributed by atoms with E-state index in [9.17, 15) is 0 Å². The number of fused-ring (bicyclic) bond motifs is 2. The Labute approximate surface area is 108 Å². The molecule has 0 saturated carbocycles. The molecule has 2 atom stereocenters. The summed E-state index contributed by atoms with van der Waals surface area (Å²) in [6, 6.07) is 4.39. The van der Waals surface area contributed by atoms with Crippen LogP contribution in [0.25, 0.3) is 0 Å². The van der Waals surface area contributed by atoms with E-state index >= 15 is 0 Å². The highest BCUT2D eigenvalue weighted by atomic mass is 16.5. The Morgan fingerprint density at radius 1 is 1.17 bits per heavy atom. The van der Waals surface area contributed by atoms with E-state index in [4.69, 9.17) is 15.2 Å². The number of benzene rings is 1. The fourth-order valence-electron chi connectivity index (χ4n) is 2.91. The quantitative estimate of drug-likeness (QED) is 0.717. The van der Waals surface area contributed by atoms with Crippen LogP contribution in [0.1, 0.15) is 43.4 Å². The predicted molar refractivity (Wildman–Crippen MR) is 71.1 cm³/mol. The monoisotopic (exact) mass is 247 g/mol. The number of nitrogens with two attached hydrogens (primary N) is 1. The molecule has 0 bridgehead atoms. The van der Waals surface area contributed by atoms with Gasteiger partial charge in [0.1, 0.15) is 0 Å². The third-order valence-corrected chi connectivity index (χ3v) is 3.97. The second-order valence-electron chi connectivity index (χ2n) is 5.53. The molecule has 0 spiro atoms. The molecule has 0 amide bonds. The minimum Gasteiger partial charge on any atom is -0.490 e. The Kier molecular flexibility index (Phi) is 3.16. The SMILES string of the molecule is CC1CCc2cc3c(cc2C(N)C1)OCCCO3. The zero-order chi connectivity index (χ0) is 12.5. The van der Waals surface area contributed by atoms with Gasteiger partial charge in [-0.25, -0.2) is 0 Å². The van der Waals surface area contributed by atoms with Crippen molar-refractivity contribution in [1.29, 1.82) is 0 Å². The Balaban J connectivity index is 2.01. The molecule has 0 radical (unpaired) electrons. The van der Waals surface area contributed by atoms with Crippen molar-refractivity contribution in [3.05, 3.63) is 23.3 Å². The van der Waals surface area contributed by atoms with Crippen molar-refractivity contribution in [2.24, 2.45) is 11.7 Å². The van der Waals surface area contributed by atoms with Gasteiger partial charge in [-0.2, -0.15) is 0 Å². The molecule has 2 unspecified atom stereocenters. The zero-order valence-electron chi connectivity index (χ0n) is 10.9. The average Bonchev–Trinajstić information content (AvgIpc) is 2.65. The van der Waals surface area contributed by atoms with Gasteiger partial charge in [0, 0.05) is 12.5 Å². The molecule has 1 heterocycles. The third kappa shape index (κ3) is 2.19. The standard InChI is InChI=1S/C15H21NO2/c1-10-3-4-11-8-14-15(18-6-2-5-17-14)9-12(11)13(16)7-10/h8-10,13H,2-7,16H2,1H3. The van der Waals surface area contributed by atoms with Crippen LogP contribution >= 0.6 is 0 Å². The normalized spacial score (nSPS) is 27.0. The number of aryl methyl sites for hydroxylation is 1. The molecule has 1 aromatic rings. The van der Waals surface area contributed by atoms with Crippen molar-refractivity contribution in [3.8, 4) is 11.5 Å². The van der Waals surface area contributed by atoms with Crippen molar-refractivity contribution >= 4 is 0 Å². The number of ether oxygens (including phenoxy) is 2. The maximum absolute atomic E-state index is 6.31. The first kappa shape index (κ1) is 11.8. The van der Waals surface area contributed by atoms with Crippen molar-refractivity contribution in [1.82, 2.24) is 0 Å². The molecule has 0 saturated heterocycles. The van der Waals surface area contributed by atoms with E-state index in [1.54, 1.807) is 0 Å². The van der Waals surface area contributed by atoms with Gasteiger partial charge in [0.15, 0.2) is 11.5 Å². The molecule has 3 heteroatoms. The largest absolute Gasteiger partial charge is 0.490 e. The second-order valence-corrected chi connectivity index (χ2v) is 5.53. The fourth-order valence-corrected chi connectivity index (χ4v) is 2.91. The highest BCUT2D eigenvalue weighted by molar-refractivity contribution is 5.49. The van der Waals surface area contributed by atoms with Crippen molar-refractivity contribution in [2.75, 3.05) is 13.2 Å². The van der Waals surface area contributed by atoms with Crippen LogP contribution in [-0.4, -0.2) is 13.2 Å². The highest BCUT2D eigenvalue weighted by Gasteiger charge is 2.23. The number of hydrogen-bond donors (Lipinski definition) is 1. The van der Waals surface area contributed by atoms with E-state index in [-0.39, 0.29) is 6.04 Å². The van der Waals surface area contributed by atoms with Gasteiger partial charge < -0.3 is 15.2 Å². The van der Waals surface area contributed by atoms with Crippen LogP contribution in [0.5, 0.6) is 11.5 Å². The molecule has 98 valence electrons. The van der Waals surface area contributed by atoms with E-state index in [1.807, 2.05) is 0 Å². The number of hydrogen-bond acceptors (Lipinski definition) is 3. The predicted octanol–water partition coefficient (Wildman–Crippen LogP) is 2.82. The lowest BCUT2D eigenvalue weighted by molar-refractivity contribution is 0.296. The molecule has 1 aliphatic heterocycles. The van der Waals surface area contributed by atoms with Crippen LogP contribution in [0.15, 0.2) is 12.1 Å². The minimum atomic E-state index is 0.134. The van der Waals surface area contributed by atoms with Crippen LogP contribution in [0.2, 0.25) is 0 Å². The van der Waals surface area contributed by atoms with E-state index in [0.29, 0.717) is 5.92 Å². The highest BCUT2D eigenvalue weighted by Crippen LogP contribution is 2.38. The third-order valence-electron chi connectivity index (χ3n) is 3.97. The maximum atomic E-state index is 6.31. The molecule has 1 aromatic carbocycles. The Bertz CT molecular complexity index is 444. The molecular formula is C15H21NO2. The van der Waals surface area contributed by atoms with Crippen LogP contribution in [-0.2, 0) is 6.42 Å². The topological polar surface area (TPSA) is 44.5 Å². The summed E-state index contributed by atoms with van der Waals surface area (Å²) in [6.07, 6.45) is 4.32. The summed E-state index contributed by atoms with van der Waals surface area (Å²) in [5.74, 6) is 2.46. The fraction of sp³-hybridized carbons (Fsp3) is 0.600. The van der Waals surface area contributed by atoms with Crippen molar-refractivity contribution in [2.45, 2.75) is 38.6 Å². The summed E-state index contributed by atoms with van der Waals surface area (Å²) in [6.45, 7) is 3.76. The van der Waals surface area contributed by atoms with Crippen molar-refractivity contribution < 1.29 is 9.47 Å². The molecule has 0 aromatic heterocycles. The van der Waals surface area contributed by atoms with Gasteiger partial charge >= 0.3 is 0 Å². The lowest BCUT2D eigenvalue weighted by Crippen LogP contribution is -2.13. The molecule has 1 aliphatic carbocycles. The maximum Gasteiger partial charge on any atom is 0.161 e. The Hall–Kier alpha value is -1.22. The summed E-state index contributed by atoms with van der Waals surface area (Å²) in [5.41, 5.74) is 8.91. The Morgan fingerprint density at radius 3 is 2.67 bits per heavy atom. The molecule has 3 rings (SSSR count). The first-order valence-electron chi connectivity index (χ1n) is 6.92. The average molecular weight is 247 g/mol. The minimum absolute atomic E-state index is 0.134. The van der Waals surface area contributed by atoms with Crippen LogP contribution in [0.4, 0.5) is 0 Å². The van der Waals surface area contributed by atoms with Gasteiger partial charge in [0.2, 0.25) is 0 Å². The van der Waals surface area contributed by atoms with Crippen LogP contribution in [0.3, 0.4) is 0 Å². The van der Waals surface area contributed by atoms with Crippen LogP contribution < -0.4 is 15.2 Å². The molecule has 2 N–H and O–H groups in total. The van der Waals surface area contributed by atoms with Crippen LogP contribution in [0, 0.1) is 5.92 Å². The first-order valence-corrected chi connectivity index (χ1v) is 6.92. The van der Waals surface area contributed by atoms with Gasteiger partial charge in [-0.3, -0.25) is 0 Å². The molecule has 0 fully saturated rings. The summed E-state index contributed by atoms with van der Waals surface area (Å²) in [5, 5.41) is 0. The van der Waals surface area contributed by atoms with E-state index < -0.39 is 0 Å². The molecule has 2 aliphatic rings. The van der Waals surface area contributed by atoms with Crippen molar-refractivity contribution in [3.63, 3.8) is 0 Å². The molecule has 18 heavy (non-hydrogen) atoms. The molecule has 3 nitrogen and oxygen atoms in total.